The zero-order valence-corrected chi connectivity index (χ0v) is 8.14. The molecule has 0 aromatic heterocycles. The highest BCUT2D eigenvalue weighted by atomic mass is 19.4. The van der Waals surface area contributed by atoms with Crippen LogP contribution in [0.15, 0.2) is 5.16 Å². The average Bonchev–Trinajstić information content (AvgIpc) is 2.29. The fraction of sp³-hybridized carbons (Fsp3) is 0.875. The van der Waals surface area contributed by atoms with Crippen molar-refractivity contribution in [1.29, 1.82) is 0 Å². The average molecular weight is 211 g/mol. The normalized spacial score (nSPS) is 28.6. The van der Waals surface area contributed by atoms with Crippen LogP contribution in [0.3, 0.4) is 0 Å². The summed E-state index contributed by atoms with van der Waals surface area (Å²) in [5.74, 6) is -3.14. The molecule has 6 heteroatoms. The minimum atomic E-state index is -4.82. The molecule has 0 unspecified atom stereocenters. The lowest BCUT2D eigenvalue weighted by Crippen LogP contribution is -2.45. The minimum Gasteiger partial charge on any atom is -0.350 e. The van der Waals surface area contributed by atoms with Gasteiger partial charge >= 0.3 is 12.0 Å². The second kappa shape index (κ2) is 2.85. The molecule has 0 spiro atoms. The number of nitrogens with zero attached hydrogens (tertiary/aromatic N) is 1. The van der Waals surface area contributed by atoms with Crippen molar-refractivity contribution in [3.63, 3.8) is 0 Å². The van der Waals surface area contributed by atoms with E-state index in [1.54, 1.807) is 20.8 Å². The molecule has 1 rings (SSSR count). The Labute approximate surface area is 79.5 Å². The molecule has 1 aliphatic rings. The van der Waals surface area contributed by atoms with Gasteiger partial charge in [0.2, 0.25) is 0 Å². The maximum absolute atomic E-state index is 12.3. The third kappa shape index (κ3) is 1.84. The van der Waals surface area contributed by atoms with Gasteiger partial charge in [0.15, 0.2) is 0 Å². The number of oxime groups is 1. The molecule has 0 aromatic rings. The van der Waals surface area contributed by atoms with E-state index < -0.39 is 23.8 Å². The van der Waals surface area contributed by atoms with Gasteiger partial charge in [-0.2, -0.15) is 13.2 Å². The lowest BCUT2D eigenvalue weighted by molar-refractivity contribution is -0.355. The molecule has 82 valence electrons. The largest absolute Gasteiger partial charge is 0.458 e. The van der Waals surface area contributed by atoms with Crippen LogP contribution in [0, 0.1) is 5.41 Å². The molecule has 1 atom stereocenters. The van der Waals surface area contributed by atoms with Crippen molar-refractivity contribution in [1.82, 2.24) is 0 Å². The van der Waals surface area contributed by atoms with E-state index in [-0.39, 0.29) is 5.71 Å². The number of halogens is 3. The third-order valence-electron chi connectivity index (χ3n) is 2.02. The van der Waals surface area contributed by atoms with E-state index in [1.807, 2.05) is 0 Å². The Morgan fingerprint density at radius 3 is 2.07 bits per heavy atom. The number of alkyl halides is 3. The van der Waals surface area contributed by atoms with E-state index in [2.05, 4.69) is 9.99 Å². The van der Waals surface area contributed by atoms with Gasteiger partial charge in [0, 0.05) is 5.41 Å². The SMILES string of the molecule is CC(C)(C)C1=NO[C@](O)(C(F)(F)F)C1. The molecule has 0 radical (unpaired) electrons. The third-order valence-corrected chi connectivity index (χ3v) is 2.02. The van der Waals surface area contributed by atoms with Crippen LogP contribution in [0.2, 0.25) is 0 Å². The molecular weight excluding hydrogens is 199 g/mol. The van der Waals surface area contributed by atoms with Crippen LogP contribution in [-0.4, -0.2) is 22.8 Å². The van der Waals surface area contributed by atoms with Crippen molar-refractivity contribution in [3.8, 4) is 0 Å². The van der Waals surface area contributed by atoms with Crippen LogP contribution in [0.25, 0.3) is 0 Å². The Hall–Kier alpha value is -0.780. The smallest absolute Gasteiger partial charge is 0.350 e. The summed E-state index contributed by atoms with van der Waals surface area (Å²) < 4.78 is 36.8. The van der Waals surface area contributed by atoms with Crippen molar-refractivity contribution in [2.75, 3.05) is 0 Å². The summed E-state index contributed by atoms with van der Waals surface area (Å²) in [6.45, 7) is 5.12. The Morgan fingerprint density at radius 2 is 1.86 bits per heavy atom. The predicted molar refractivity (Wildman–Crippen MR) is 43.6 cm³/mol. The summed E-state index contributed by atoms with van der Waals surface area (Å²) in [6.07, 6.45) is -5.44. The van der Waals surface area contributed by atoms with Crippen LogP contribution < -0.4 is 0 Å². The van der Waals surface area contributed by atoms with Gasteiger partial charge in [-0.25, -0.2) is 0 Å². The van der Waals surface area contributed by atoms with Gasteiger partial charge in [0.05, 0.1) is 12.1 Å². The Balaban J connectivity index is 2.81. The molecule has 0 bridgehead atoms. The zero-order chi connectivity index (χ0) is 11.2. The van der Waals surface area contributed by atoms with E-state index >= 15 is 0 Å². The van der Waals surface area contributed by atoms with Gasteiger partial charge in [0.25, 0.3) is 0 Å². The van der Waals surface area contributed by atoms with Gasteiger partial charge in [0.1, 0.15) is 0 Å². The van der Waals surface area contributed by atoms with Gasteiger partial charge < -0.3 is 9.94 Å². The first-order valence-corrected chi connectivity index (χ1v) is 4.11. The molecule has 1 aliphatic heterocycles. The Bertz CT molecular complexity index is 267. The summed E-state index contributed by atoms with van der Waals surface area (Å²) in [5, 5.41) is 12.4. The van der Waals surface area contributed by atoms with E-state index in [0.717, 1.165) is 0 Å². The molecule has 1 heterocycles. The Morgan fingerprint density at radius 1 is 1.36 bits per heavy atom. The highest BCUT2D eigenvalue weighted by molar-refractivity contribution is 5.90. The van der Waals surface area contributed by atoms with Crippen molar-refractivity contribution < 1.29 is 23.1 Å². The molecule has 0 saturated carbocycles. The van der Waals surface area contributed by atoms with E-state index in [1.165, 1.54) is 0 Å². The van der Waals surface area contributed by atoms with E-state index in [0.29, 0.717) is 0 Å². The molecule has 3 nitrogen and oxygen atoms in total. The standard InChI is InChI=1S/C8H12F3NO2/c1-6(2,3)5-4-7(13,14-12-5)8(9,10)11/h13H,4H2,1-3H3/t7-/m0/s1. The van der Waals surface area contributed by atoms with Gasteiger partial charge in [-0.1, -0.05) is 25.9 Å². The van der Waals surface area contributed by atoms with Crippen LogP contribution in [0.1, 0.15) is 27.2 Å². The molecule has 0 saturated heterocycles. The van der Waals surface area contributed by atoms with Crippen molar-refractivity contribution in [2.24, 2.45) is 10.6 Å². The lowest BCUT2D eigenvalue weighted by Gasteiger charge is -2.23. The highest BCUT2D eigenvalue weighted by Gasteiger charge is 2.61. The number of hydrogen-bond acceptors (Lipinski definition) is 3. The van der Waals surface area contributed by atoms with Crippen molar-refractivity contribution in [2.45, 2.75) is 39.2 Å². The predicted octanol–water partition coefficient (Wildman–Crippen LogP) is 2.06. The van der Waals surface area contributed by atoms with E-state index in [9.17, 15) is 13.2 Å². The first-order chi connectivity index (χ1) is 6.06. The minimum absolute atomic E-state index is 0.206. The zero-order valence-electron chi connectivity index (χ0n) is 8.14. The van der Waals surface area contributed by atoms with Crippen LogP contribution >= 0.6 is 0 Å². The first-order valence-electron chi connectivity index (χ1n) is 4.11. The summed E-state index contributed by atoms with van der Waals surface area (Å²) >= 11 is 0. The van der Waals surface area contributed by atoms with Gasteiger partial charge in [-0.05, 0) is 0 Å². The molecular formula is C8H12F3NO2. The second-order valence-corrected chi connectivity index (χ2v) is 4.34. The highest BCUT2D eigenvalue weighted by Crippen LogP contribution is 2.40. The second-order valence-electron chi connectivity index (χ2n) is 4.34. The fourth-order valence-corrected chi connectivity index (χ4v) is 0.976. The maximum atomic E-state index is 12.3. The fourth-order valence-electron chi connectivity index (χ4n) is 0.976. The van der Waals surface area contributed by atoms with Crippen molar-refractivity contribution in [3.05, 3.63) is 0 Å². The summed E-state index contributed by atoms with van der Waals surface area (Å²) in [7, 11) is 0. The van der Waals surface area contributed by atoms with Crippen LogP contribution in [0.5, 0.6) is 0 Å². The number of hydrogen-bond donors (Lipinski definition) is 1. The number of rotatable bonds is 0. The molecule has 0 amide bonds. The molecule has 1 N–H and O–H groups in total. The molecule has 14 heavy (non-hydrogen) atoms. The monoisotopic (exact) mass is 211 g/mol. The van der Waals surface area contributed by atoms with Crippen LogP contribution in [-0.2, 0) is 4.84 Å². The summed E-state index contributed by atoms with van der Waals surface area (Å²) in [4.78, 5) is 4.06. The summed E-state index contributed by atoms with van der Waals surface area (Å²) in [6, 6.07) is 0. The molecule has 0 aromatic carbocycles. The van der Waals surface area contributed by atoms with Crippen molar-refractivity contribution >= 4 is 5.71 Å². The molecule has 0 fully saturated rings. The van der Waals surface area contributed by atoms with Gasteiger partial charge in [-0.3, -0.25) is 0 Å². The lowest BCUT2D eigenvalue weighted by atomic mass is 9.86. The van der Waals surface area contributed by atoms with E-state index in [4.69, 9.17) is 5.11 Å². The summed E-state index contributed by atoms with van der Waals surface area (Å²) in [5.41, 5.74) is -0.326. The number of aliphatic hydroxyl groups is 1. The maximum Gasteiger partial charge on any atom is 0.458 e. The first kappa shape index (κ1) is 11.3. The quantitative estimate of drug-likeness (QED) is 0.666. The van der Waals surface area contributed by atoms with Gasteiger partial charge in [-0.15, -0.1) is 0 Å². The molecule has 0 aliphatic carbocycles. The van der Waals surface area contributed by atoms with Crippen LogP contribution in [0.4, 0.5) is 13.2 Å². The topological polar surface area (TPSA) is 41.8 Å². The Kier molecular flexibility index (Phi) is 2.30.